The van der Waals surface area contributed by atoms with Crippen LogP contribution in [0.15, 0.2) is 274 Å². The standard InChI is InChI=1S/C60H37BN2O2.C6H10.C5H8/c1-5-17-38(18-6-1)40-29-41(39-19-7-2-8-20-39)31-42(30-40)43-32-58-60-59(33-43)65-57-37-55-49(47-26-14-16-28-53(47)63(55)45-23-11-4-12-24-45)35-51(57)61(60)50-34-48-46-25-13-15-27-52(46)62(44-21-9-3-10-22-44)54(48)36-56(50)64-58;1-3-5-6-4-2;1-3-5-4-2/h1-37H;3-6H,1-2H3;3-5H,1H2,2H3/b;5-3-,6-4-;5-4-. The number of rotatable bonds is 7. The van der Waals surface area contributed by atoms with Crippen molar-refractivity contribution in [2.24, 2.45) is 0 Å². The van der Waals surface area contributed by atoms with Gasteiger partial charge in [0.2, 0.25) is 0 Å². The third-order valence-electron chi connectivity index (χ3n) is 14.4. The molecular weight excluding hydrogens is 924 g/mol. The molecule has 10 aromatic carbocycles. The van der Waals surface area contributed by atoms with Crippen molar-refractivity contribution in [3.8, 4) is 67.8 Å². The molecule has 2 aromatic heterocycles. The van der Waals surface area contributed by atoms with E-state index in [1.54, 1.807) is 6.08 Å². The lowest BCUT2D eigenvalue weighted by molar-refractivity contribution is 0.465. The number of benzene rings is 10. The van der Waals surface area contributed by atoms with E-state index in [1.165, 1.54) is 21.5 Å². The zero-order valence-electron chi connectivity index (χ0n) is 42.9. The van der Waals surface area contributed by atoms with E-state index >= 15 is 0 Å². The Morgan fingerprint density at radius 3 is 1.11 bits per heavy atom. The zero-order valence-corrected chi connectivity index (χ0v) is 42.9. The van der Waals surface area contributed by atoms with Gasteiger partial charge < -0.3 is 18.6 Å². The highest BCUT2D eigenvalue weighted by atomic mass is 16.5. The molecule has 0 atom stereocenters. The number of hydrogen-bond donors (Lipinski definition) is 0. The van der Waals surface area contributed by atoms with Crippen molar-refractivity contribution in [1.29, 1.82) is 0 Å². The third kappa shape index (κ3) is 8.62. The first-order valence-electron chi connectivity index (χ1n) is 26.1. The molecule has 0 amide bonds. The first-order valence-corrected chi connectivity index (χ1v) is 26.1. The minimum absolute atomic E-state index is 0.149. The molecule has 364 valence electrons. The van der Waals surface area contributed by atoms with Crippen molar-refractivity contribution in [2.75, 3.05) is 0 Å². The second-order valence-corrected chi connectivity index (χ2v) is 19.1. The fourth-order valence-electron chi connectivity index (χ4n) is 11.0. The SMILES string of the molecule is C/C=C\C=C/C.C=C/C=C\C.c1ccc(-c2cc(-c3ccccc3)cc(-c3cc4c5c(c3)Oc3cc6c(cc3B5c3cc5c7ccccc7n(-c7ccccc7)c5cc3O4)c3ccccc3n6-c3ccccc3)c2)cc1. The van der Waals surface area contributed by atoms with Gasteiger partial charge in [-0.05, 0) is 132 Å². The molecule has 0 aliphatic carbocycles. The van der Waals surface area contributed by atoms with E-state index in [9.17, 15) is 0 Å². The quantitative estimate of drug-likeness (QED) is 0.118. The summed E-state index contributed by atoms with van der Waals surface area (Å²) in [6.07, 6.45) is 13.6. The Kier molecular flexibility index (Phi) is 12.9. The van der Waals surface area contributed by atoms with Crippen molar-refractivity contribution in [3.63, 3.8) is 0 Å². The molecule has 0 spiro atoms. The van der Waals surface area contributed by atoms with Crippen LogP contribution in [0, 0.1) is 0 Å². The Morgan fingerprint density at radius 1 is 0.342 bits per heavy atom. The van der Waals surface area contributed by atoms with Gasteiger partial charge in [-0.3, -0.25) is 0 Å². The van der Waals surface area contributed by atoms with Crippen LogP contribution in [0.4, 0.5) is 0 Å². The molecule has 0 bridgehead atoms. The predicted molar refractivity (Wildman–Crippen MR) is 324 cm³/mol. The van der Waals surface area contributed by atoms with E-state index in [-0.39, 0.29) is 6.71 Å². The van der Waals surface area contributed by atoms with Gasteiger partial charge in [0.15, 0.2) is 0 Å². The lowest BCUT2D eigenvalue weighted by Crippen LogP contribution is -2.57. The van der Waals surface area contributed by atoms with Crippen LogP contribution in [0.1, 0.15) is 20.8 Å². The maximum atomic E-state index is 7.25. The summed E-state index contributed by atoms with van der Waals surface area (Å²) in [6.45, 7) is 9.27. The van der Waals surface area contributed by atoms with Gasteiger partial charge >= 0.3 is 0 Å². The molecule has 5 heteroatoms. The Labute approximate surface area is 445 Å². The number of hydrogen-bond acceptors (Lipinski definition) is 2. The summed E-state index contributed by atoms with van der Waals surface area (Å²) in [5.74, 6) is 3.31. The summed E-state index contributed by atoms with van der Waals surface area (Å²) in [6, 6.07) is 80.7. The molecule has 0 saturated carbocycles. The molecule has 14 rings (SSSR count). The molecule has 2 aliphatic rings. The summed E-state index contributed by atoms with van der Waals surface area (Å²) in [4.78, 5) is 0. The van der Waals surface area contributed by atoms with E-state index in [2.05, 4.69) is 240 Å². The van der Waals surface area contributed by atoms with Gasteiger partial charge in [0, 0.05) is 50.5 Å². The number of nitrogens with zero attached hydrogens (tertiary/aromatic N) is 2. The molecule has 0 fully saturated rings. The zero-order chi connectivity index (χ0) is 51.5. The van der Waals surface area contributed by atoms with Gasteiger partial charge in [-0.15, -0.1) is 0 Å². The van der Waals surface area contributed by atoms with Crippen LogP contribution in [0.3, 0.4) is 0 Å². The monoisotopic (exact) mass is 978 g/mol. The van der Waals surface area contributed by atoms with Crippen LogP contribution in [0.25, 0.3) is 88.4 Å². The molecule has 76 heavy (non-hydrogen) atoms. The van der Waals surface area contributed by atoms with Crippen molar-refractivity contribution in [1.82, 2.24) is 9.13 Å². The van der Waals surface area contributed by atoms with Crippen LogP contribution in [-0.4, -0.2) is 15.8 Å². The first-order chi connectivity index (χ1) is 37.5. The van der Waals surface area contributed by atoms with E-state index in [1.807, 2.05) is 57.2 Å². The molecule has 0 N–H and O–H groups in total. The molecule has 4 nitrogen and oxygen atoms in total. The molecular formula is C71H55BN2O2. The highest BCUT2D eigenvalue weighted by Crippen LogP contribution is 2.44. The molecule has 0 unspecified atom stereocenters. The number of allylic oxidation sites excluding steroid dienone is 7. The van der Waals surface area contributed by atoms with Crippen LogP contribution < -0.4 is 25.9 Å². The summed E-state index contributed by atoms with van der Waals surface area (Å²) in [7, 11) is 0. The fourth-order valence-corrected chi connectivity index (χ4v) is 11.0. The summed E-state index contributed by atoms with van der Waals surface area (Å²) in [5.41, 5.74) is 16.8. The molecule has 2 aliphatic heterocycles. The number of para-hydroxylation sites is 4. The molecule has 0 saturated heterocycles. The predicted octanol–water partition coefficient (Wildman–Crippen LogP) is 17.5. The number of fused-ring (bicyclic) bond motifs is 10. The molecule has 0 radical (unpaired) electrons. The highest BCUT2D eigenvalue weighted by molar-refractivity contribution is 6.98. The van der Waals surface area contributed by atoms with Crippen molar-refractivity contribution in [3.05, 3.63) is 274 Å². The largest absolute Gasteiger partial charge is 0.458 e. The lowest BCUT2D eigenvalue weighted by atomic mass is 9.34. The van der Waals surface area contributed by atoms with Crippen LogP contribution >= 0.6 is 0 Å². The molecule has 4 heterocycles. The smallest absolute Gasteiger partial charge is 0.260 e. The third-order valence-corrected chi connectivity index (χ3v) is 14.4. The van der Waals surface area contributed by atoms with Gasteiger partial charge in [-0.1, -0.05) is 195 Å². The number of aromatic nitrogens is 2. The summed E-state index contributed by atoms with van der Waals surface area (Å²) >= 11 is 0. The van der Waals surface area contributed by atoms with E-state index in [0.717, 1.165) is 106 Å². The maximum absolute atomic E-state index is 7.25. The Balaban J connectivity index is 0.000000483. The normalized spacial score (nSPS) is 12.2. The second kappa shape index (κ2) is 20.7. The minimum Gasteiger partial charge on any atom is -0.458 e. The fraction of sp³-hybridized carbons (Fsp3) is 0.0423. The van der Waals surface area contributed by atoms with Gasteiger partial charge in [-0.2, -0.15) is 0 Å². The summed E-state index contributed by atoms with van der Waals surface area (Å²) in [5, 5.41) is 4.79. The van der Waals surface area contributed by atoms with Crippen LogP contribution in [0.5, 0.6) is 23.0 Å². The Hall–Kier alpha value is -9.58. The molecule has 12 aromatic rings. The van der Waals surface area contributed by atoms with Crippen LogP contribution in [-0.2, 0) is 0 Å². The van der Waals surface area contributed by atoms with Gasteiger partial charge in [0.05, 0.1) is 22.1 Å². The second-order valence-electron chi connectivity index (χ2n) is 19.1. The average molecular weight is 979 g/mol. The van der Waals surface area contributed by atoms with E-state index < -0.39 is 0 Å². The van der Waals surface area contributed by atoms with Crippen LogP contribution in [0.2, 0.25) is 0 Å². The van der Waals surface area contributed by atoms with Crippen molar-refractivity contribution >= 4 is 66.7 Å². The highest BCUT2D eigenvalue weighted by Gasteiger charge is 2.42. The Bertz CT molecular complexity index is 3950. The maximum Gasteiger partial charge on any atom is 0.260 e. The van der Waals surface area contributed by atoms with E-state index in [4.69, 9.17) is 9.47 Å². The lowest BCUT2D eigenvalue weighted by Gasteiger charge is -2.33. The van der Waals surface area contributed by atoms with Gasteiger partial charge in [0.25, 0.3) is 6.71 Å². The van der Waals surface area contributed by atoms with Crippen molar-refractivity contribution in [2.45, 2.75) is 20.8 Å². The van der Waals surface area contributed by atoms with Gasteiger partial charge in [0.1, 0.15) is 23.0 Å². The number of ether oxygens (including phenoxy) is 2. The van der Waals surface area contributed by atoms with Crippen molar-refractivity contribution < 1.29 is 9.47 Å². The average Bonchev–Trinajstić information content (AvgIpc) is 4.03. The van der Waals surface area contributed by atoms with Gasteiger partial charge in [-0.25, -0.2) is 0 Å². The first kappa shape index (κ1) is 47.4. The minimum atomic E-state index is -0.149. The Morgan fingerprint density at radius 2 is 0.711 bits per heavy atom. The topological polar surface area (TPSA) is 28.3 Å². The summed E-state index contributed by atoms with van der Waals surface area (Å²) < 4.78 is 19.2. The van der Waals surface area contributed by atoms with E-state index in [0.29, 0.717) is 0 Å².